The minimum atomic E-state index is -3.65. The number of sulfonamides is 1. The Morgan fingerprint density at radius 3 is 2.52 bits per heavy atom. The predicted octanol–water partition coefficient (Wildman–Crippen LogP) is 2.95. The third-order valence-electron chi connectivity index (χ3n) is 2.48. The maximum absolute atomic E-state index is 12.0. The van der Waals surface area contributed by atoms with Crippen molar-refractivity contribution in [3.05, 3.63) is 36.2 Å². The lowest BCUT2D eigenvalue weighted by Gasteiger charge is -2.03. The highest BCUT2D eigenvalue weighted by molar-refractivity contribution is 9.12. The molecular weight excluding hydrogens is 464 g/mol. The summed E-state index contributed by atoms with van der Waals surface area (Å²) >= 11 is 9.19. The monoisotopic (exact) mass is 472 g/mol. The van der Waals surface area contributed by atoms with Gasteiger partial charge in [-0.05, 0) is 56.5 Å². The molecule has 2 aromatic heterocycles. The second-order valence-corrected chi connectivity index (χ2v) is 10.7. The third kappa shape index (κ3) is 4.60. The standard InChI is InChI=1S/C11H10Br2N2O3S3/c12-8-5-7(10(13)20-8)11(16)15-4-3-6-1-2-9(19-6)21(14,17)18/h1-2,5H,3-4H2,(H,15,16)(H2,14,17,18). The van der Waals surface area contributed by atoms with Gasteiger partial charge in [0.15, 0.2) is 0 Å². The summed E-state index contributed by atoms with van der Waals surface area (Å²) in [7, 11) is -3.65. The van der Waals surface area contributed by atoms with Crippen LogP contribution in [0.5, 0.6) is 0 Å². The molecule has 0 aliphatic rings. The van der Waals surface area contributed by atoms with E-state index in [9.17, 15) is 13.2 Å². The molecule has 0 aliphatic carbocycles. The van der Waals surface area contributed by atoms with Crippen LogP contribution in [-0.2, 0) is 16.4 Å². The van der Waals surface area contributed by atoms with E-state index in [-0.39, 0.29) is 10.1 Å². The SMILES string of the molecule is NS(=O)(=O)c1ccc(CCNC(=O)c2cc(Br)sc2Br)s1. The van der Waals surface area contributed by atoms with Gasteiger partial charge < -0.3 is 5.32 Å². The van der Waals surface area contributed by atoms with Crippen molar-refractivity contribution in [2.45, 2.75) is 10.6 Å². The molecule has 0 unspecified atom stereocenters. The number of primary sulfonamides is 1. The number of amides is 1. The van der Waals surface area contributed by atoms with Gasteiger partial charge in [0, 0.05) is 11.4 Å². The number of hydrogen-bond donors (Lipinski definition) is 2. The van der Waals surface area contributed by atoms with E-state index in [0.29, 0.717) is 18.5 Å². The summed E-state index contributed by atoms with van der Waals surface area (Å²) in [6.45, 7) is 0.420. The molecule has 114 valence electrons. The first-order chi connectivity index (χ1) is 9.77. The second kappa shape index (κ2) is 6.88. The molecule has 21 heavy (non-hydrogen) atoms. The zero-order chi connectivity index (χ0) is 15.6. The van der Waals surface area contributed by atoms with Crippen LogP contribution in [0.2, 0.25) is 0 Å². The zero-order valence-electron chi connectivity index (χ0n) is 10.4. The van der Waals surface area contributed by atoms with E-state index in [1.807, 2.05) is 0 Å². The smallest absolute Gasteiger partial charge is 0.253 e. The molecule has 2 rings (SSSR count). The summed E-state index contributed by atoms with van der Waals surface area (Å²) in [5, 5.41) is 7.84. The van der Waals surface area contributed by atoms with Crippen molar-refractivity contribution in [3.8, 4) is 0 Å². The molecule has 3 N–H and O–H groups in total. The molecule has 0 radical (unpaired) electrons. The molecule has 0 saturated carbocycles. The maximum atomic E-state index is 12.0. The van der Waals surface area contributed by atoms with Gasteiger partial charge in [0.05, 0.1) is 13.1 Å². The molecule has 10 heteroatoms. The summed E-state index contributed by atoms with van der Waals surface area (Å²) < 4.78 is 24.1. The van der Waals surface area contributed by atoms with Crippen LogP contribution in [0.25, 0.3) is 0 Å². The van der Waals surface area contributed by atoms with Crippen molar-refractivity contribution in [1.82, 2.24) is 5.32 Å². The highest BCUT2D eigenvalue weighted by Crippen LogP contribution is 2.31. The Morgan fingerprint density at radius 2 is 2.00 bits per heavy atom. The molecule has 0 fully saturated rings. The summed E-state index contributed by atoms with van der Waals surface area (Å²) in [5.41, 5.74) is 0.572. The van der Waals surface area contributed by atoms with Gasteiger partial charge in [-0.25, -0.2) is 13.6 Å². The van der Waals surface area contributed by atoms with Gasteiger partial charge in [-0.2, -0.15) is 0 Å². The zero-order valence-corrected chi connectivity index (χ0v) is 16.1. The fourth-order valence-electron chi connectivity index (χ4n) is 1.54. The van der Waals surface area contributed by atoms with Crippen molar-refractivity contribution < 1.29 is 13.2 Å². The Kier molecular flexibility index (Phi) is 5.60. The van der Waals surface area contributed by atoms with E-state index in [0.717, 1.165) is 23.8 Å². The van der Waals surface area contributed by atoms with Gasteiger partial charge in [0.1, 0.15) is 4.21 Å². The Hall–Kier alpha value is -0.260. The summed E-state index contributed by atoms with van der Waals surface area (Å²) in [4.78, 5) is 12.8. The number of carbonyl (C=O) groups is 1. The highest BCUT2D eigenvalue weighted by atomic mass is 79.9. The van der Waals surface area contributed by atoms with E-state index in [1.54, 1.807) is 12.1 Å². The average molecular weight is 474 g/mol. The Balaban J connectivity index is 1.91. The molecule has 0 saturated heterocycles. The number of nitrogens with two attached hydrogens (primary N) is 1. The van der Waals surface area contributed by atoms with E-state index in [2.05, 4.69) is 37.2 Å². The van der Waals surface area contributed by atoms with Gasteiger partial charge in [-0.1, -0.05) is 0 Å². The van der Waals surface area contributed by atoms with Crippen LogP contribution in [0.1, 0.15) is 15.2 Å². The van der Waals surface area contributed by atoms with Gasteiger partial charge >= 0.3 is 0 Å². The van der Waals surface area contributed by atoms with Gasteiger partial charge in [-0.15, -0.1) is 22.7 Å². The number of nitrogens with one attached hydrogen (secondary N) is 1. The van der Waals surface area contributed by atoms with Crippen molar-refractivity contribution >= 4 is 70.5 Å². The van der Waals surface area contributed by atoms with Crippen LogP contribution >= 0.6 is 54.5 Å². The average Bonchev–Trinajstić information content (AvgIpc) is 2.95. The second-order valence-electron chi connectivity index (χ2n) is 4.01. The fourth-order valence-corrected chi connectivity index (χ4v) is 6.11. The molecule has 2 aromatic rings. The topological polar surface area (TPSA) is 89.3 Å². The van der Waals surface area contributed by atoms with Crippen molar-refractivity contribution in [3.63, 3.8) is 0 Å². The van der Waals surface area contributed by atoms with Crippen LogP contribution < -0.4 is 10.5 Å². The normalized spacial score (nSPS) is 11.6. The molecule has 0 atom stereocenters. The minimum Gasteiger partial charge on any atom is -0.352 e. The van der Waals surface area contributed by atoms with Crippen LogP contribution in [0.3, 0.4) is 0 Å². The molecule has 0 spiro atoms. The molecule has 0 aliphatic heterocycles. The van der Waals surface area contributed by atoms with Crippen molar-refractivity contribution in [2.75, 3.05) is 6.54 Å². The number of carbonyl (C=O) groups excluding carboxylic acids is 1. The molecule has 5 nitrogen and oxygen atoms in total. The molecular formula is C11H10Br2N2O3S3. The lowest BCUT2D eigenvalue weighted by Crippen LogP contribution is -2.25. The number of thiophene rings is 2. The van der Waals surface area contributed by atoms with E-state index < -0.39 is 10.0 Å². The minimum absolute atomic E-state index is 0.133. The highest BCUT2D eigenvalue weighted by Gasteiger charge is 2.14. The summed E-state index contributed by atoms with van der Waals surface area (Å²) in [5.74, 6) is -0.174. The maximum Gasteiger partial charge on any atom is 0.253 e. The molecule has 0 bridgehead atoms. The van der Waals surface area contributed by atoms with E-state index in [1.165, 1.54) is 17.4 Å². The Bertz CT molecular complexity index is 768. The van der Waals surface area contributed by atoms with Crippen molar-refractivity contribution in [1.29, 1.82) is 0 Å². The number of rotatable bonds is 5. The summed E-state index contributed by atoms with van der Waals surface area (Å²) in [6.07, 6.45) is 0.550. The fraction of sp³-hybridized carbons (Fsp3) is 0.182. The van der Waals surface area contributed by atoms with Crippen LogP contribution in [0, 0.1) is 0 Å². The summed E-state index contributed by atoms with van der Waals surface area (Å²) in [6, 6.07) is 4.92. The van der Waals surface area contributed by atoms with E-state index in [4.69, 9.17) is 5.14 Å². The van der Waals surface area contributed by atoms with Gasteiger partial charge in [-0.3, -0.25) is 4.79 Å². The van der Waals surface area contributed by atoms with Crippen LogP contribution in [0.15, 0.2) is 30.0 Å². The lowest BCUT2D eigenvalue weighted by atomic mass is 10.3. The predicted molar refractivity (Wildman–Crippen MR) is 91.4 cm³/mol. The van der Waals surface area contributed by atoms with Gasteiger partial charge in [0.2, 0.25) is 10.0 Å². The lowest BCUT2D eigenvalue weighted by molar-refractivity contribution is 0.0954. The first-order valence-corrected chi connectivity index (χ1v) is 10.4. The molecule has 0 aromatic carbocycles. The van der Waals surface area contributed by atoms with Crippen molar-refractivity contribution in [2.24, 2.45) is 5.14 Å². The quantitative estimate of drug-likeness (QED) is 0.699. The Labute approximate surface area is 146 Å². The first kappa shape index (κ1) is 17.1. The number of halogens is 2. The first-order valence-electron chi connectivity index (χ1n) is 5.62. The molecule has 1 amide bonds. The van der Waals surface area contributed by atoms with Gasteiger partial charge in [0.25, 0.3) is 5.91 Å². The number of hydrogen-bond acceptors (Lipinski definition) is 5. The van der Waals surface area contributed by atoms with Crippen LogP contribution in [-0.4, -0.2) is 20.9 Å². The molecule has 2 heterocycles. The largest absolute Gasteiger partial charge is 0.352 e. The van der Waals surface area contributed by atoms with Crippen LogP contribution in [0.4, 0.5) is 0 Å². The third-order valence-corrected chi connectivity index (χ3v) is 7.40. The Morgan fingerprint density at radius 1 is 1.29 bits per heavy atom. The van der Waals surface area contributed by atoms with E-state index >= 15 is 0 Å².